The summed E-state index contributed by atoms with van der Waals surface area (Å²) in [6.07, 6.45) is 1.25. The maximum atomic E-state index is 14.7. The van der Waals surface area contributed by atoms with E-state index in [9.17, 15) is 14.3 Å². The van der Waals surface area contributed by atoms with Crippen molar-refractivity contribution in [3.8, 4) is 11.4 Å². The molecule has 3 aromatic rings. The number of aromatic hydroxyl groups is 1. The number of nitrogens with zero attached hydrogens (tertiary/aromatic N) is 2. The molecular weight excluding hydrogens is 335 g/mol. The number of fused-ring (bicyclic) bond motifs is 1. The smallest absolute Gasteiger partial charge is 0.253 e. The molecule has 1 amide bonds. The number of aryl methyl sites for hydroxylation is 1. The number of carbonyl (C=O) groups is 1. The maximum Gasteiger partial charge on any atom is 0.253 e. The lowest BCUT2D eigenvalue weighted by Gasteiger charge is -2.16. The lowest BCUT2D eigenvalue weighted by Crippen LogP contribution is -2.14. The van der Waals surface area contributed by atoms with Crippen molar-refractivity contribution in [2.24, 2.45) is 5.73 Å². The summed E-state index contributed by atoms with van der Waals surface area (Å²) in [4.78, 5) is 15.5. The lowest BCUT2D eigenvalue weighted by atomic mass is 10.1. The van der Waals surface area contributed by atoms with Crippen LogP contribution in [0.2, 0.25) is 5.15 Å². The van der Waals surface area contributed by atoms with Gasteiger partial charge in [-0.2, -0.15) is 0 Å². The van der Waals surface area contributed by atoms with Crippen LogP contribution in [0.25, 0.3) is 16.6 Å². The minimum atomic E-state index is -0.824. The zero-order chi connectivity index (χ0) is 17.8. The number of pyridine rings is 1. The molecule has 2 heterocycles. The fraction of sp³-hybridized carbons (Fsp3) is 0.125. The maximum absolute atomic E-state index is 14.7. The summed E-state index contributed by atoms with van der Waals surface area (Å²) in [7, 11) is 0. The molecule has 5 N–H and O–H groups in total. The molecule has 0 aliphatic rings. The zero-order valence-corrected chi connectivity index (χ0v) is 13.6. The highest BCUT2D eigenvalue weighted by Gasteiger charge is 2.26. The average molecular weight is 349 g/mol. The van der Waals surface area contributed by atoms with Crippen molar-refractivity contribution in [2.45, 2.75) is 13.8 Å². The van der Waals surface area contributed by atoms with Gasteiger partial charge < -0.3 is 16.6 Å². The quantitative estimate of drug-likeness (QED) is 0.619. The first kappa shape index (κ1) is 16.1. The second-order valence-corrected chi connectivity index (χ2v) is 5.82. The van der Waals surface area contributed by atoms with E-state index in [1.54, 1.807) is 19.9 Å². The number of phenolic OH excluding ortho intramolecular Hbond substituents is 1. The molecule has 8 heteroatoms. The predicted octanol–water partition coefficient (Wildman–Crippen LogP) is 2.82. The van der Waals surface area contributed by atoms with Crippen molar-refractivity contribution in [1.82, 2.24) is 9.55 Å². The van der Waals surface area contributed by atoms with Crippen LogP contribution < -0.4 is 11.5 Å². The SMILES string of the molecule is Cc1ccc(O)c(C)c1-n1c(N)c(C(N)=O)c2cnc(Cl)c(F)c21. The van der Waals surface area contributed by atoms with E-state index >= 15 is 0 Å². The van der Waals surface area contributed by atoms with Gasteiger partial charge >= 0.3 is 0 Å². The Morgan fingerprint density at radius 1 is 1.38 bits per heavy atom. The third-order valence-electron chi connectivity index (χ3n) is 4.02. The summed E-state index contributed by atoms with van der Waals surface area (Å²) >= 11 is 5.79. The van der Waals surface area contributed by atoms with E-state index in [-0.39, 0.29) is 33.2 Å². The van der Waals surface area contributed by atoms with Crippen LogP contribution >= 0.6 is 11.6 Å². The number of phenols is 1. The van der Waals surface area contributed by atoms with E-state index in [0.717, 1.165) is 5.56 Å². The molecule has 0 unspecified atom stereocenters. The summed E-state index contributed by atoms with van der Waals surface area (Å²) in [6, 6.07) is 3.18. The largest absolute Gasteiger partial charge is 0.508 e. The molecule has 0 radical (unpaired) electrons. The van der Waals surface area contributed by atoms with Crippen LogP contribution in [0.15, 0.2) is 18.3 Å². The molecule has 0 aliphatic carbocycles. The van der Waals surface area contributed by atoms with Gasteiger partial charge in [0.2, 0.25) is 0 Å². The van der Waals surface area contributed by atoms with E-state index in [0.29, 0.717) is 11.3 Å². The second kappa shape index (κ2) is 5.38. The highest BCUT2D eigenvalue weighted by molar-refractivity contribution is 6.30. The number of halogens is 2. The van der Waals surface area contributed by atoms with E-state index in [2.05, 4.69) is 4.98 Å². The molecule has 124 valence electrons. The van der Waals surface area contributed by atoms with Crippen molar-refractivity contribution in [2.75, 3.05) is 5.73 Å². The molecule has 3 rings (SSSR count). The first-order valence-electron chi connectivity index (χ1n) is 6.99. The summed E-state index contributed by atoms with van der Waals surface area (Å²) < 4.78 is 16.0. The topological polar surface area (TPSA) is 107 Å². The zero-order valence-electron chi connectivity index (χ0n) is 12.9. The van der Waals surface area contributed by atoms with Crippen LogP contribution in [0.5, 0.6) is 5.75 Å². The Morgan fingerprint density at radius 2 is 2.04 bits per heavy atom. The normalized spacial score (nSPS) is 11.2. The molecule has 2 aromatic heterocycles. The molecule has 24 heavy (non-hydrogen) atoms. The Bertz CT molecular complexity index is 1010. The van der Waals surface area contributed by atoms with E-state index in [4.69, 9.17) is 23.1 Å². The first-order valence-corrected chi connectivity index (χ1v) is 7.36. The minimum absolute atomic E-state index is 0.0121. The monoisotopic (exact) mass is 348 g/mol. The van der Waals surface area contributed by atoms with Crippen LogP contribution in [-0.4, -0.2) is 20.6 Å². The molecular formula is C16H14ClFN4O2. The van der Waals surface area contributed by atoms with Gasteiger partial charge in [-0.15, -0.1) is 0 Å². The number of anilines is 1. The lowest BCUT2D eigenvalue weighted by molar-refractivity contribution is 0.100. The highest BCUT2D eigenvalue weighted by Crippen LogP contribution is 2.38. The van der Waals surface area contributed by atoms with Crippen LogP contribution in [0.3, 0.4) is 0 Å². The van der Waals surface area contributed by atoms with Crippen molar-refractivity contribution in [1.29, 1.82) is 0 Å². The fourth-order valence-corrected chi connectivity index (χ4v) is 3.03. The van der Waals surface area contributed by atoms with Gasteiger partial charge in [0.25, 0.3) is 5.91 Å². The Labute approximate surface area is 141 Å². The molecule has 0 saturated heterocycles. The van der Waals surface area contributed by atoms with Gasteiger partial charge in [-0.1, -0.05) is 17.7 Å². The summed E-state index contributed by atoms with van der Waals surface area (Å²) in [5.74, 6) is -1.67. The number of nitrogens with two attached hydrogens (primary N) is 2. The number of rotatable bonds is 2. The molecule has 0 bridgehead atoms. The molecule has 0 atom stereocenters. The van der Waals surface area contributed by atoms with Gasteiger partial charge in [0.05, 0.1) is 16.8 Å². The number of hydrogen-bond donors (Lipinski definition) is 3. The highest BCUT2D eigenvalue weighted by atomic mass is 35.5. The number of hydrogen-bond acceptors (Lipinski definition) is 4. The van der Waals surface area contributed by atoms with Gasteiger partial charge in [0.1, 0.15) is 11.6 Å². The molecule has 0 aliphatic heterocycles. The molecule has 0 saturated carbocycles. The van der Waals surface area contributed by atoms with Gasteiger partial charge in [0.15, 0.2) is 11.0 Å². The van der Waals surface area contributed by atoms with E-state index in [1.807, 2.05) is 0 Å². The third kappa shape index (κ3) is 2.09. The van der Waals surface area contributed by atoms with Gasteiger partial charge in [-0.3, -0.25) is 9.36 Å². The summed E-state index contributed by atoms with van der Waals surface area (Å²) in [6.45, 7) is 3.44. The number of aromatic nitrogens is 2. The Morgan fingerprint density at radius 3 is 2.67 bits per heavy atom. The Kier molecular flexibility index (Phi) is 3.60. The number of amides is 1. The number of carbonyl (C=O) groups excluding carboxylic acids is 1. The molecule has 1 aromatic carbocycles. The van der Waals surface area contributed by atoms with E-state index in [1.165, 1.54) is 16.8 Å². The minimum Gasteiger partial charge on any atom is -0.508 e. The molecule has 0 spiro atoms. The second-order valence-electron chi connectivity index (χ2n) is 5.46. The van der Waals surface area contributed by atoms with Gasteiger partial charge in [-0.05, 0) is 25.5 Å². The molecule has 6 nitrogen and oxygen atoms in total. The van der Waals surface area contributed by atoms with Crippen LogP contribution in [0.1, 0.15) is 21.5 Å². The van der Waals surface area contributed by atoms with Crippen molar-refractivity contribution < 1.29 is 14.3 Å². The van der Waals surface area contributed by atoms with Gasteiger partial charge in [-0.25, -0.2) is 9.37 Å². The van der Waals surface area contributed by atoms with Crippen LogP contribution in [0.4, 0.5) is 10.2 Å². The summed E-state index contributed by atoms with van der Waals surface area (Å²) in [5, 5.41) is 9.81. The summed E-state index contributed by atoms with van der Waals surface area (Å²) in [5.41, 5.74) is 13.1. The van der Waals surface area contributed by atoms with Crippen molar-refractivity contribution in [3.63, 3.8) is 0 Å². The van der Waals surface area contributed by atoms with Crippen LogP contribution in [0, 0.1) is 19.7 Å². The fourth-order valence-electron chi connectivity index (χ4n) is 2.89. The van der Waals surface area contributed by atoms with E-state index < -0.39 is 11.7 Å². The third-order valence-corrected chi connectivity index (χ3v) is 4.28. The average Bonchev–Trinajstić information content (AvgIpc) is 2.81. The van der Waals surface area contributed by atoms with Crippen LogP contribution in [-0.2, 0) is 0 Å². The predicted molar refractivity (Wildman–Crippen MR) is 90.1 cm³/mol. The van der Waals surface area contributed by atoms with Crippen molar-refractivity contribution >= 4 is 34.2 Å². The first-order chi connectivity index (χ1) is 11.3. The van der Waals surface area contributed by atoms with Gasteiger partial charge in [0, 0.05) is 17.1 Å². The van der Waals surface area contributed by atoms with Crippen molar-refractivity contribution in [3.05, 3.63) is 46.0 Å². The number of primary amides is 1. The molecule has 0 fully saturated rings. The Balaban J connectivity index is 2.59. The Hall–Kier alpha value is -2.80. The standard InChI is InChI=1S/C16H14ClFN4O2/c1-6-3-4-9(23)7(2)12(6)22-13-8(5-21-14(17)11(13)18)10(15(22)19)16(20)24/h3-5,23H,19H2,1-2H3,(H2,20,24). The number of benzene rings is 1. The number of nitrogen functional groups attached to an aromatic ring is 1.